The molecule has 2 atom stereocenters. The molecule has 1 aliphatic rings. The number of imidazole rings is 1. The first-order chi connectivity index (χ1) is 11.5. The maximum Gasteiger partial charge on any atom is 0.227 e. The molecule has 2 heterocycles. The van der Waals surface area contributed by atoms with E-state index in [9.17, 15) is 5.11 Å². The summed E-state index contributed by atoms with van der Waals surface area (Å²) in [7, 11) is 0. The lowest BCUT2D eigenvalue weighted by Gasteiger charge is -2.20. The number of aliphatic hydroxyl groups excluding tert-OH is 1. The summed E-state index contributed by atoms with van der Waals surface area (Å²) < 4.78 is 2.05. The van der Waals surface area contributed by atoms with E-state index in [1.165, 1.54) is 12.8 Å². The van der Waals surface area contributed by atoms with Crippen LogP contribution < -0.4 is 10.6 Å². The van der Waals surface area contributed by atoms with Crippen molar-refractivity contribution in [1.29, 1.82) is 0 Å². The molecule has 0 amide bonds. The maximum absolute atomic E-state index is 9.89. The van der Waals surface area contributed by atoms with Crippen molar-refractivity contribution in [2.45, 2.75) is 65.1 Å². The van der Waals surface area contributed by atoms with Crippen molar-refractivity contribution in [2.75, 3.05) is 17.2 Å². The summed E-state index contributed by atoms with van der Waals surface area (Å²) in [6.45, 7) is 8.96. The van der Waals surface area contributed by atoms with Gasteiger partial charge in [0.1, 0.15) is 0 Å². The Hall–Kier alpha value is -1.89. The van der Waals surface area contributed by atoms with E-state index in [1.807, 2.05) is 17.8 Å². The highest BCUT2D eigenvalue weighted by Gasteiger charge is 2.23. The van der Waals surface area contributed by atoms with Crippen LogP contribution in [0.4, 0.5) is 11.8 Å². The van der Waals surface area contributed by atoms with Crippen molar-refractivity contribution in [1.82, 2.24) is 19.5 Å². The molecule has 0 aliphatic heterocycles. The Labute approximate surface area is 142 Å². The van der Waals surface area contributed by atoms with Crippen molar-refractivity contribution in [2.24, 2.45) is 5.92 Å². The molecular formula is C17H28N6O. The Morgan fingerprint density at radius 3 is 2.62 bits per heavy atom. The summed E-state index contributed by atoms with van der Waals surface area (Å²) >= 11 is 0. The van der Waals surface area contributed by atoms with Gasteiger partial charge in [0.15, 0.2) is 17.0 Å². The number of fused-ring (bicyclic) bond motifs is 1. The molecule has 0 saturated heterocycles. The van der Waals surface area contributed by atoms with Gasteiger partial charge in [0.05, 0.1) is 18.5 Å². The van der Waals surface area contributed by atoms with E-state index in [0.29, 0.717) is 5.95 Å². The molecular weight excluding hydrogens is 304 g/mol. The molecule has 7 nitrogen and oxygen atoms in total. The summed E-state index contributed by atoms with van der Waals surface area (Å²) in [6, 6.07) is 0.196. The molecule has 2 aromatic rings. The van der Waals surface area contributed by atoms with Gasteiger partial charge in [0.25, 0.3) is 0 Å². The topological polar surface area (TPSA) is 87.9 Å². The minimum Gasteiger partial charge on any atom is -0.391 e. The first-order valence-electron chi connectivity index (χ1n) is 8.92. The van der Waals surface area contributed by atoms with E-state index in [4.69, 9.17) is 0 Å². The van der Waals surface area contributed by atoms with E-state index in [1.54, 1.807) is 6.92 Å². The zero-order chi connectivity index (χ0) is 17.3. The van der Waals surface area contributed by atoms with Gasteiger partial charge in [-0.05, 0) is 46.0 Å². The molecule has 0 aromatic carbocycles. The summed E-state index contributed by atoms with van der Waals surface area (Å²) in [5, 5.41) is 16.6. The van der Waals surface area contributed by atoms with Crippen LogP contribution >= 0.6 is 0 Å². The van der Waals surface area contributed by atoms with E-state index in [0.717, 1.165) is 35.9 Å². The molecule has 0 spiro atoms. The monoisotopic (exact) mass is 332 g/mol. The van der Waals surface area contributed by atoms with Crippen molar-refractivity contribution in [3.8, 4) is 0 Å². The smallest absolute Gasteiger partial charge is 0.227 e. The van der Waals surface area contributed by atoms with Gasteiger partial charge >= 0.3 is 0 Å². The molecule has 1 aliphatic carbocycles. The Balaban J connectivity index is 1.96. The van der Waals surface area contributed by atoms with Crippen LogP contribution in [0.3, 0.4) is 0 Å². The van der Waals surface area contributed by atoms with Gasteiger partial charge in [-0.25, -0.2) is 4.98 Å². The molecule has 3 rings (SSSR count). The number of aromatic nitrogens is 4. The lowest BCUT2D eigenvalue weighted by molar-refractivity contribution is 0.169. The zero-order valence-corrected chi connectivity index (χ0v) is 15.0. The second-order valence-corrected chi connectivity index (χ2v) is 7.04. The van der Waals surface area contributed by atoms with Crippen molar-refractivity contribution < 1.29 is 5.11 Å². The van der Waals surface area contributed by atoms with Crippen molar-refractivity contribution in [3.63, 3.8) is 0 Å². The highest BCUT2D eigenvalue weighted by molar-refractivity contribution is 5.84. The maximum atomic E-state index is 9.89. The minimum absolute atomic E-state index is 0.0749. The average molecular weight is 332 g/mol. The number of nitrogens with zero attached hydrogens (tertiary/aromatic N) is 4. The molecule has 0 radical (unpaired) electrons. The number of rotatable bonds is 8. The SMILES string of the molecule is CC[C@H](Nc1nc(NCC2CC2)c2ncn(C(C)C)c2n1)[C@@H](C)O. The number of aliphatic hydroxyl groups is 1. The Morgan fingerprint density at radius 2 is 2.04 bits per heavy atom. The van der Waals surface area contributed by atoms with Gasteiger partial charge in [-0.1, -0.05) is 6.92 Å². The highest BCUT2D eigenvalue weighted by Crippen LogP contribution is 2.30. The van der Waals surface area contributed by atoms with E-state index in [-0.39, 0.29) is 12.1 Å². The van der Waals surface area contributed by atoms with E-state index < -0.39 is 6.10 Å². The summed E-state index contributed by atoms with van der Waals surface area (Å²) in [5.74, 6) is 2.06. The lowest BCUT2D eigenvalue weighted by atomic mass is 10.1. The van der Waals surface area contributed by atoms with Gasteiger partial charge in [0, 0.05) is 12.6 Å². The van der Waals surface area contributed by atoms with Crippen LogP contribution in [-0.4, -0.2) is 43.3 Å². The van der Waals surface area contributed by atoms with Crippen LogP contribution in [0.2, 0.25) is 0 Å². The summed E-state index contributed by atoms with van der Waals surface area (Å²) in [6.07, 6.45) is 4.72. The quantitative estimate of drug-likeness (QED) is 0.689. The molecule has 2 aromatic heterocycles. The zero-order valence-electron chi connectivity index (χ0n) is 15.0. The standard InChI is InChI=1S/C17H28N6O/c1-5-13(11(4)24)20-17-21-15(18-8-12-6-7-12)14-16(22-17)23(9-19-14)10(2)3/h9-13,24H,5-8H2,1-4H3,(H2,18,20,21,22)/t11-,13+/m1/s1. The van der Waals surface area contributed by atoms with Gasteiger partial charge in [-0.15, -0.1) is 0 Å². The number of anilines is 2. The van der Waals surface area contributed by atoms with Crippen LogP contribution in [0.25, 0.3) is 11.2 Å². The van der Waals surface area contributed by atoms with E-state index >= 15 is 0 Å². The van der Waals surface area contributed by atoms with Crippen LogP contribution in [0.1, 0.15) is 53.0 Å². The molecule has 3 N–H and O–H groups in total. The Morgan fingerprint density at radius 1 is 1.29 bits per heavy atom. The third-order valence-corrected chi connectivity index (χ3v) is 4.57. The Kier molecular flexibility index (Phi) is 4.89. The first-order valence-corrected chi connectivity index (χ1v) is 8.92. The molecule has 0 unspecified atom stereocenters. The summed E-state index contributed by atoms with van der Waals surface area (Å²) in [4.78, 5) is 13.8. The average Bonchev–Trinajstić information content (AvgIpc) is 3.26. The minimum atomic E-state index is -0.466. The molecule has 1 saturated carbocycles. The van der Waals surface area contributed by atoms with Crippen molar-refractivity contribution >= 4 is 22.9 Å². The number of nitrogens with one attached hydrogen (secondary N) is 2. The normalized spacial score (nSPS) is 17.2. The molecule has 24 heavy (non-hydrogen) atoms. The lowest BCUT2D eigenvalue weighted by Crippen LogP contribution is -2.31. The van der Waals surface area contributed by atoms with Crippen LogP contribution in [0.15, 0.2) is 6.33 Å². The van der Waals surface area contributed by atoms with Gasteiger partial charge in [-0.3, -0.25) is 0 Å². The van der Waals surface area contributed by atoms with Crippen LogP contribution in [0.5, 0.6) is 0 Å². The third kappa shape index (κ3) is 3.61. The second kappa shape index (κ2) is 6.93. The fourth-order valence-corrected chi connectivity index (χ4v) is 2.77. The predicted octanol–water partition coefficient (Wildman–Crippen LogP) is 2.80. The third-order valence-electron chi connectivity index (χ3n) is 4.57. The molecule has 0 bridgehead atoms. The second-order valence-electron chi connectivity index (χ2n) is 7.04. The Bertz CT molecular complexity index is 692. The fraction of sp³-hybridized carbons (Fsp3) is 0.706. The number of hydrogen-bond donors (Lipinski definition) is 3. The highest BCUT2D eigenvalue weighted by atomic mass is 16.3. The van der Waals surface area contributed by atoms with Crippen LogP contribution in [-0.2, 0) is 0 Å². The number of hydrogen-bond acceptors (Lipinski definition) is 6. The van der Waals surface area contributed by atoms with Gasteiger partial charge < -0.3 is 20.3 Å². The first kappa shape index (κ1) is 17.0. The largest absolute Gasteiger partial charge is 0.391 e. The van der Waals surface area contributed by atoms with Gasteiger partial charge in [0.2, 0.25) is 5.95 Å². The van der Waals surface area contributed by atoms with Gasteiger partial charge in [-0.2, -0.15) is 9.97 Å². The molecule has 132 valence electrons. The fourth-order valence-electron chi connectivity index (χ4n) is 2.77. The molecule has 1 fully saturated rings. The van der Waals surface area contributed by atoms with E-state index in [2.05, 4.69) is 39.4 Å². The molecule has 7 heteroatoms. The summed E-state index contributed by atoms with van der Waals surface area (Å²) in [5.41, 5.74) is 1.63. The van der Waals surface area contributed by atoms with Crippen LogP contribution in [0, 0.1) is 5.92 Å². The van der Waals surface area contributed by atoms with Crippen molar-refractivity contribution in [3.05, 3.63) is 6.33 Å². The predicted molar refractivity (Wildman–Crippen MR) is 96.3 cm³/mol.